The van der Waals surface area contributed by atoms with E-state index in [0.717, 1.165) is 6.42 Å². The summed E-state index contributed by atoms with van der Waals surface area (Å²) in [6, 6.07) is 0. The molecule has 0 aromatic carbocycles. The molecule has 72 valence electrons. The first-order valence-corrected chi connectivity index (χ1v) is 5.20. The van der Waals surface area contributed by atoms with Crippen molar-refractivity contribution in [1.82, 2.24) is 0 Å². The number of hydrogen-bond acceptors (Lipinski definition) is 1. The SMILES string of the molecule is CCC1(CC(C)(C)O)CCCC1. The minimum absolute atomic E-state index is 0.470. The van der Waals surface area contributed by atoms with Crippen molar-refractivity contribution in [3.05, 3.63) is 0 Å². The zero-order valence-electron chi connectivity index (χ0n) is 8.69. The van der Waals surface area contributed by atoms with Gasteiger partial charge >= 0.3 is 0 Å². The van der Waals surface area contributed by atoms with E-state index in [2.05, 4.69) is 6.92 Å². The van der Waals surface area contributed by atoms with Gasteiger partial charge in [0.2, 0.25) is 0 Å². The Labute approximate surface area is 76.2 Å². The molecule has 0 amide bonds. The van der Waals surface area contributed by atoms with Gasteiger partial charge in [0.1, 0.15) is 0 Å². The second kappa shape index (κ2) is 3.37. The molecule has 0 bridgehead atoms. The Morgan fingerprint density at radius 3 is 2.08 bits per heavy atom. The summed E-state index contributed by atoms with van der Waals surface area (Å²) in [4.78, 5) is 0. The van der Waals surface area contributed by atoms with Gasteiger partial charge in [0, 0.05) is 0 Å². The van der Waals surface area contributed by atoms with E-state index in [0.29, 0.717) is 5.41 Å². The van der Waals surface area contributed by atoms with E-state index in [1.54, 1.807) is 0 Å². The molecule has 1 rings (SSSR count). The average Bonchev–Trinajstić information content (AvgIpc) is 2.34. The van der Waals surface area contributed by atoms with Crippen molar-refractivity contribution in [3.63, 3.8) is 0 Å². The zero-order chi connectivity index (χ0) is 9.24. The van der Waals surface area contributed by atoms with Gasteiger partial charge in [0.25, 0.3) is 0 Å². The van der Waals surface area contributed by atoms with Crippen LogP contribution >= 0.6 is 0 Å². The topological polar surface area (TPSA) is 20.2 Å². The smallest absolute Gasteiger partial charge is 0.0597 e. The minimum atomic E-state index is -0.472. The van der Waals surface area contributed by atoms with Crippen molar-refractivity contribution in [1.29, 1.82) is 0 Å². The molecule has 1 N–H and O–H groups in total. The van der Waals surface area contributed by atoms with Gasteiger partial charge in [-0.2, -0.15) is 0 Å². The Bertz CT molecular complexity index is 138. The van der Waals surface area contributed by atoms with E-state index < -0.39 is 5.60 Å². The molecule has 0 spiro atoms. The molecule has 1 saturated carbocycles. The molecule has 1 nitrogen and oxygen atoms in total. The third kappa shape index (κ3) is 2.48. The highest BCUT2D eigenvalue weighted by Crippen LogP contribution is 2.46. The van der Waals surface area contributed by atoms with E-state index in [4.69, 9.17) is 0 Å². The van der Waals surface area contributed by atoms with Crippen LogP contribution in [-0.4, -0.2) is 10.7 Å². The molecule has 1 heteroatoms. The molecule has 0 radical (unpaired) electrons. The van der Waals surface area contributed by atoms with Gasteiger partial charge in [0.05, 0.1) is 5.60 Å². The van der Waals surface area contributed by atoms with Crippen LogP contribution in [0.2, 0.25) is 0 Å². The summed E-state index contributed by atoms with van der Waals surface area (Å²) < 4.78 is 0. The molecule has 0 aliphatic heterocycles. The van der Waals surface area contributed by atoms with Crippen molar-refractivity contribution in [2.24, 2.45) is 5.41 Å². The van der Waals surface area contributed by atoms with Crippen LogP contribution in [0.3, 0.4) is 0 Å². The fourth-order valence-electron chi connectivity index (χ4n) is 2.70. The third-order valence-electron chi connectivity index (χ3n) is 3.22. The van der Waals surface area contributed by atoms with Crippen LogP contribution < -0.4 is 0 Å². The molecule has 0 heterocycles. The second-order valence-electron chi connectivity index (χ2n) is 5.05. The third-order valence-corrected chi connectivity index (χ3v) is 3.22. The highest BCUT2D eigenvalue weighted by Gasteiger charge is 2.36. The Morgan fingerprint density at radius 2 is 1.75 bits per heavy atom. The molecule has 0 saturated heterocycles. The highest BCUT2D eigenvalue weighted by molar-refractivity contribution is 4.88. The number of hydrogen-bond donors (Lipinski definition) is 1. The van der Waals surface area contributed by atoms with E-state index >= 15 is 0 Å². The molecular formula is C11H22O. The average molecular weight is 170 g/mol. The Kier molecular flexibility index (Phi) is 2.82. The summed E-state index contributed by atoms with van der Waals surface area (Å²) in [6.45, 7) is 6.13. The van der Waals surface area contributed by atoms with E-state index in [9.17, 15) is 5.11 Å². The number of rotatable bonds is 3. The predicted molar refractivity (Wildman–Crippen MR) is 52.1 cm³/mol. The van der Waals surface area contributed by atoms with Gasteiger partial charge in [-0.3, -0.25) is 0 Å². The maximum Gasteiger partial charge on any atom is 0.0597 e. The lowest BCUT2D eigenvalue weighted by molar-refractivity contribution is 0.0207. The van der Waals surface area contributed by atoms with Gasteiger partial charge in [-0.25, -0.2) is 0 Å². The van der Waals surface area contributed by atoms with Crippen LogP contribution in [0.1, 0.15) is 59.3 Å². The summed E-state index contributed by atoms with van der Waals surface area (Å²) in [5.74, 6) is 0. The normalized spacial score (nSPS) is 23.0. The van der Waals surface area contributed by atoms with Crippen LogP contribution in [0.4, 0.5) is 0 Å². The molecule has 1 aliphatic rings. The lowest BCUT2D eigenvalue weighted by Gasteiger charge is -2.33. The molecule has 0 aromatic heterocycles. The fraction of sp³-hybridized carbons (Fsp3) is 1.00. The van der Waals surface area contributed by atoms with Gasteiger partial charge in [0.15, 0.2) is 0 Å². The lowest BCUT2D eigenvalue weighted by atomic mass is 9.75. The highest BCUT2D eigenvalue weighted by atomic mass is 16.3. The van der Waals surface area contributed by atoms with Crippen molar-refractivity contribution >= 4 is 0 Å². The van der Waals surface area contributed by atoms with Crippen LogP contribution in [0.5, 0.6) is 0 Å². The van der Waals surface area contributed by atoms with Gasteiger partial charge in [-0.15, -0.1) is 0 Å². The minimum Gasteiger partial charge on any atom is -0.390 e. The van der Waals surface area contributed by atoms with Crippen LogP contribution in [0.25, 0.3) is 0 Å². The predicted octanol–water partition coefficient (Wildman–Crippen LogP) is 3.12. The maximum atomic E-state index is 9.77. The van der Waals surface area contributed by atoms with Gasteiger partial charge < -0.3 is 5.11 Å². The first kappa shape index (κ1) is 10.0. The molecule has 12 heavy (non-hydrogen) atoms. The van der Waals surface area contributed by atoms with Crippen molar-refractivity contribution in [2.45, 2.75) is 64.9 Å². The number of aliphatic hydroxyl groups is 1. The fourth-order valence-corrected chi connectivity index (χ4v) is 2.70. The van der Waals surface area contributed by atoms with Gasteiger partial charge in [-0.1, -0.05) is 26.2 Å². The van der Waals surface area contributed by atoms with Crippen LogP contribution in [0.15, 0.2) is 0 Å². The lowest BCUT2D eigenvalue weighted by Crippen LogP contribution is -2.29. The van der Waals surface area contributed by atoms with E-state index in [1.807, 2.05) is 13.8 Å². The molecule has 0 atom stereocenters. The maximum absolute atomic E-state index is 9.77. The van der Waals surface area contributed by atoms with Gasteiger partial charge in [-0.05, 0) is 38.5 Å². The summed E-state index contributed by atoms with van der Waals surface area (Å²) in [5.41, 5.74) is -0.00139. The summed E-state index contributed by atoms with van der Waals surface area (Å²) in [5, 5.41) is 9.77. The molecular weight excluding hydrogens is 148 g/mol. The Morgan fingerprint density at radius 1 is 1.25 bits per heavy atom. The zero-order valence-corrected chi connectivity index (χ0v) is 8.69. The van der Waals surface area contributed by atoms with Crippen molar-refractivity contribution in [3.8, 4) is 0 Å². The standard InChI is InChI=1S/C11H22O/c1-4-11(7-5-6-8-11)9-10(2,3)12/h12H,4-9H2,1-3H3. The summed E-state index contributed by atoms with van der Waals surface area (Å²) in [7, 11) is 0. The monoisotopic (exact) mass is 170 g/mol. The molecule has 0 aromatic rings. The summed E-state index contributed by atoms with van der Waals surface area (Å²) in [6.07, 6.45) is 7.60. The van der Waals surface area contributed by atoms with Crippen LogP contribution in [-0.2, 0) is 0 Å². The first-order chi connectivity index (χ1) is 5.47. The first-order valence-electron chi connectivity index (χ1n) is 5.20. The largest absolute Gasteiger partial charge is 0.390 e. The van der Waals surface area contributed by atoms with Crippen LogP contribution in [0, 0.1) is 5.41 Å². The Hall–Kier alpha value is -0.0400. The van der Waals surface area contributed by atoms with E-state index in [-0.39, 0.29) is 0 Å². The molecule has 1 aliphatic carbocycles. The Balaban J connectivity index is 2.55. The second-order valence-corrected chi connectivity index (χ2v) is 5.05. The van der Waals surface area contributed by atoms with E-state index in [1.165, 1.54) is 32.1 Å². The molecule has 1 fully saturated rings. The molecule has 0 unspecified atom stereocenters. The van der Waals surface area contributed by atoms with Crippen molar-refractivity contribution < 1.29 is 5.11 Å². The van der Waals surface area contributed by atoms with Crippen molar-refractivity contribution in [2.75, 3.05) is 0 Å². The quantitative estimate of drug-likeness (QED) is 0.690. The summed E-state index contributed by atoms with van der Waals surface area (Å²) >= 11 is 0.